The van der Waals surface area contributed by atoms with E-state index in [0.29, 0.717) is 19.4 Å². The number of nitrogens with two attached hydrogens (primary N) is 1. The maximum absolute atomic E-state index is 14.6. The van der Waals surface area contributed by atoms with Gasteiger partial charge in [0, 0.05) is 12.7 Å². The van der Waals surface area contributed by atoms with Gasteiger partial charge in [-0.05, 0) is 49.1 Å². The maximum Gasteiger partial charge on any atom is 0.273 e. The summed E-state index contributed by atoms with van der Waals surface area (Å²) in [7, 11) is 1.48. The van der Waals surface area contributed by atoms with Crippen LogP contribution < -0.4 is 5.73 Å². The summed E-state index contributed by atoms with van der Waals surface area (Å²) in [5.74, 6) is -1.61. The van der Waals surface area contributed by atoms with E-state index in [2.05, 4.69) is 5.10 Å². The van der Waals surface area contributed by atoms with Crippen molar-refractivity contribution >= 4 is 22.7 Å². The number of amides is 1. The Morgan fingerprint density at radius 1 is 1.23 bits per heavy atom. The molecule has 1 aliphatic rings. The monoisotopic (exact) mass is 447 g/mol. The summed E-state index contributed by atoms with van der Waals surface area (Å²) in [5.41, 5.74) is 6.65. The summed E-state index contributed by atoms with van der Waals surface area (Å²) < 4.78 is 34.0. The highest BCUT2D eigenvalue weighted by atomic mass is 32.2. The Bertz CT molecular complexity index is 955. The third-order valence-corrected chi connectivity index (χ3v) is 6.66. The zero-order valence-electron chi connectivity index (χ0n) is 17.8. The van der Waals surface area contributed by atoms with Crippen molar-refractivity contribution < 1.29 is 18.3 Å². The van der Waals surface area contributed by atoms with Crippen molar-refractivity contribution in [2.24, 2.45) is 16.8 Å². The highest BCUT2D eigenvalue weighted by Crippen LogP contribution is 2.51. The van der Waals surface area contributed by atoms with Gasteiger partial charge in [-0.15, -0.1) is 0 Å². The number of hydrazone groups is 1. The number of benzene rings is 2. The van der Waals surface area contributed by atoms with E-state index in [1.54, 1.807) is 0 Å². The molecule has 2 aromatic carbocycles. The molecule has 5 nitrogen and oxygen atoms in total. The molecule has 0 saturated carbocycles. The molecule has 0 fully saturated rings. The molecule has 0 bridgehead atoms. The Morgan fingerprint density at radius 2 is 1.94 bits per heavy atom. The van der Waals surface area contributed by atoms with Gasteiger partial charge in [0.25, 0.3) is 5.91 Å². The molecule has 2 atom stereocenters. The number of hydrogen-bond donors (Lipinski definition) is 1. The number of thioether (sulfide) groups is 1. The summed E-state index contributed by atoms with van der Waals surface area (Å²) in [4.78, 5) is 12.6. The van der Waals surface area contributed by atoms with Crippen LogP contribution in [0.5, 0.6) is 0 Å². The number of nitrogens with zero attached hydrogens (tertiary/aromatic N) is 2. The molecule has 0 aliphatic carbocycles. The fourth-order valence-electron chi connectivity index (χ4n) is 3.69. The van der Waals surface area contributed by atoms with Gasteiger partial charge in [0.1, 0.15) is 27.7 Å². The summed E-state index contributed by atoms with van der Waals surface area (Å²) in [6.07, 6.45) is 0.365. The van der Waals surface area contributed by atoms with Gasteiger partial charge in [0.15, 0.2) is 0 Å². The lowest BCUT2D eigenvalue weighted by Gasteiger charge is -2.37. The number of ether oxygens (including phenoxy) is 1. The number of carbonyl (C=O) groups is 1. The number of methoxy groups -OCH3 is 1. The molecular formula is C23H27F2N3O2S. The minimum Gasteiger partial charge on any atom is -0.371 e. The predicted molar refractivity (Wildman–Crippen MR) is 119 cm³/mol. The van der Waals surface area contributed by atoms with E-state index in [4.69, 9.17) is 10.5 Å². The molecule has 31 heavy (non-hydrogen) atoms. The molecule has 0 spiro atoms. The van der Waals surface area contributed by atoms with Gasteiger partial charge in [0.2, 0.25) is 0 Å². The van der Waals surface area contributed by atoms with Crippen LogP contribution in [0.15, 0.2) is 53.6 Å². The molecule has 0 saturated heterocycles. The van der Waals surface area contributed by atoms with Crippen molar-refractivity contribution in [3.05, 3.63) is 71.3 Å². The van der Waals surface area contributed by atoms with Crippen LogP contribution in [0.2, 0.25) is 0 Å². The first-order valence-electron chi connectivity index (χ1n) is 10.2. The number of carbonyl (C=O) groups excluding carboxylic acids is 1. The second-order valence-electron chi connectivity index (χ2n) is 7.72. The van der Waals surface area contributed by atoms with E-state index >= 15 is 0 Å². The van der Waals surface area contributed by atoms with Gasteiger partial charge in [-0.1, -0.05) is 55.9 Å². The molecule has 8 heteroatoms. The van der Waals surface area contributed by atoms with Crippen molar-refractivity contribution in [1.29, 1.82) is 0 Å². The molecule has 1 aliphatic heterocycles. The minimum atomic E-state index is -0.947. The highest BCUT2D eigenvalue weighted by molar-refractivity contribution is 8.15. The van der Waals surface area contributed by atoms with E-state index < -0.39 is 22.6 Å². The number of halogens is 2. The van der Waals surface area contributed by atoms with Crippen LogP contribution in [0.4, 0.5) is 8.78 Å². The van der Waals surface area contributed by atoms with Crippen molar-refractivity contribution in [2.75, 3.05) is 13.7 Å². The van der Waals surface area contributed by atoms with Crippen molar-refractivity contribution in [1.82, 2.24) is 5.01 Å². The predicted octanol–water partition coefficient (Wildman–Crippen LogP) is 4.46. The van der Waals surface area contributed by atoms with E-state index in [9.17, 15) is 13.6 Å². The van der Waals surface area contributed by atoms with Crippen molar-refractivity contribution in [3.8, 4) is 0 Å². The zero-order valence-corrected chi connectivity index (χ0v) is 18.7. The standard InChI is InChI=1S/C23H27F2N3O2S/c1-15(2)20(30-3)22(29)28-23(12-7-13-26,16-8-5-4-6-9-16)31-21(27-28)18-14-17(24)10-11-19(18)25/h4-6,8-11,14-15,20H,7,12-13,26H2,1-3H3/t20-,23-/m0/s1. The largest absolute Gasteiger partial charge is 0.371 e. The topological polar surface area (TPSA) is 67.9 Å². The maximum atomic E-state index is 14.6. The quantitative estimate of drug-likeness (QED) is 0.649. The van der Waals surface area contributed by atoms with Crippen LogP contribution in [0, 0.1) is 17.6 Å². The SMILES string of the molecule is CO[C@H](C(=O)N1N=C(c2cc(F)ccc2F)S[C@@]1(CCCN)c1ccccc1)C(C)C. The second kappa shape index (κ2) is 9.89. The van der Waals surface area contributed by atoms with Gasteiger partial charge in [0.05, 0.1) is 0 Å². The van der Waals surface area contributed by atoms with Gasteiger partial charge in [-0.2, -0.15) is 5.10 Å². The highest BCUT2D eigenvalue weighted by Gasteiger charge is 2.50. The van der Waals surface area contributed by atoms with Crippen LogP contribution in [0.25, 0.3) is 0 Å². The Morgan fingerprint density at radius 3 is 2.55 bits per heavy atom. The summed E-state index contributed by atoms with van der Waals surface area (Å²) >= 11 is 1.24. The van der Waals surface area contributed by atoms with Gasteiger partial charge >= 0.3 is 0 Å². The smallest absolute Gasteiger partial charge is 0.273 e. The van der Waals surface area contributed by atoms with Gasteiger partial charge < -0.3 is 10.5 Å². The molecule has 1 heterocycles. The lowest BCUT2D eigenvalue weighted by Crippen LogP contribution is -2.48. The fraction of sp³-hybridized carbons (Fsp3) is 0.391. The molecule has 166 valence electrons. The lowest BCUT2D eigenvalue weighted by molar-refractivity contribution is -0.148. The minimum absolute atomic E-state index is 0.0202. The Kier molecular flexibility index (Phi) is 7.46. The van der Waals surface area contributed by atoms with Crippen LogP contribution in [-0.2, 0) is 14.4 Å². The summed E-state index contributed by atoms with van der Waals surface area (Å²) in [6, 6.07) is 12.7. The van der Waals surface area contributed by atoms with Crippen molar-refractivity contribution in [2.45, 2.75) is 37.7 Å². The second-order valence-corrected chi connectivity index (χ2v) is 8.99. The molecule has 2 aromatic rings. The van der Waals surface area contributed by atoms with Crippen LogP contribution >= 0.6 is 11.8 Å². The normalized spacial score (nSPS) is 19.6. The zero-order chi connectivity index (χ0) is 22.6. The van der Waals surface area contributed by atoms with Gasteiger partial charge in [-0.25, -0.2) is 13.8 Å². The molecular weight excluding hydrogens is 420 g/mol. The molecule has 2 N–H and O–H groups in total. The van der Waals surface area contributed by atoms with Gasteiger partial charge in [-0.3, -0.25) is 4.79 Å². The lowest BCUT2D eigenvalue weighted by atomic mass is 9.98. The van der Waals surface area contributed by atoms with E-state index in [0.717, 1.165) is 23.8 Å². The van der Waals surface area contributed by atoms with Crippen LogP contribution in [0.3, 0.4) is 0 Å². The number of rotatable bonds is 8. The van der Waals surface area contributed by atoms with E-state index in [1.807, 2.05) is 44.2 Å². The molecule has 0 unspecified atom stereocenters. The Balaban J connectivity index is 2.17. The van der Waals surface area contributed by atoms with Crippen LogP contribution in [-0.4, -0.2) is 35.7 Å². The third kappa shape index (κ3) is 4.66. The average Bonchev–Trinajstić information content (AvgIpc) is 3.15. The van der Waals surface area contributed by atoms with E-state index in [1.165, 1.54) is 23.9 Å². The first-order chi connectivity index (χ1) is 14.8. The van der Waals surface area contributed by atoms with Crippen molar-refractivity contribution in [3.63, 3.8) is 0 Å². The summed E-state index contributed by atoms with van der Waals surface area (Å²) in [5, 5.41) is 6.16. The first kappa shape index (κ1) is 23.4. The Labute approximate surface area is 185 Å². The van der Waals surface area contributed by atoms with E-state index in [-0.39, 0.29) is 22.4 Å². The van der Waals surface area contributed by atoms with Crippen LogP contribution in [0.1, 0.15) is 37.8 Å². The molecule has 3 rings (SSSR count). The third-order valence-electron chi connectivity index (χ3n) is 5.21. The summed E-state index contributed by atoms with van der Waals surface area (Å²) in [6.45, 7) is 4.19. The Hall–Kier alpha value is -2.29. The molecule has 0 aromatic heterocycles. The average molecular weight is 448 g/mol. The molecule has 1 amide bonds. The number of hydrogen-bond acceptors (Lipinski definition) is 5. The fourth-order valence-corrected chi connectivity index (χ4v) is 5.12. The first-order valence-corrected chi connectivity index (χ1v) is 11.0. The molecule has 0 radical (unpaired) electrons.